The van der Waals surface area contributed by atoms with E-state index in [2.05, 4.69) is 0 Å². The van der Waals surface area contributed by atoms with Crippen LogP contribution in [0.15, 0.2) is 24.3 Å². The number of hydrogen-bond donors (Lipinski definition) is 1. The lowest BCUT2D eigenvalue weighted by molar-refractivity contribution is 0.302. The zero-order valence-electron chi connectivity index (χ0n) is 9.62. The molecule has 0 aliphatic heterocycles. The molecule has 0 atom stereocenters. The summed E-state index contributed by atoms with van der Waals surface area (Å²) in [5.41, 5.74) is 5.28. The Kier molecular flexibility index (Phi) is 2.09. The van der Waals surface area contributed by atoms with Crippen molar-refractivity contribution in [3.63, 3.8) is 0 Å². The summed E-state index contributed by atoms with van der Waals surface area (Å²) >= 11 is 0. The Bertz CT molecular complexity index is 314. The van der Waals surface area contributed by atoms with Crippen LogP contribution in [-0.4, -0.2) is 20.2 Å². The predicted octanol–water partition coefficient (Wildman–Crippen LogP) is 1.03. The van der Waals surface area contributed by atoms with Crippen LogP contribution < -0.4 is 15.2 Å². The first-order valence-electron chi connectivity index (χ1n) is 5.14. The molecule has 3 heteroatoms. The van der Waals surface area contributed by atoms with E-state index in [-0.39, 0.29) is 5.75 Å². The minimum atomic E-state index is -2.47. The van der Waals surface area contributed by atoms with E-state index in [0.29, 0.717) is 18.9 Å². The normalized spacial score (nSPS) is 14.2. The monoisotopic (exact) mass is 170 g/mol. The van der Waals surface area contributed by atoms with Gasteiger partial charge in [-0.25, -0.2) is 0 Å². The molecule has 0 aliphatic carbocycles. The lowest BCUT2D eigenvalue weighted by Gasteiger charge is -2.08. The van der Waals surface area contributed by atoms with Gasteiger partial charge in [0.2, 0.25) is 0 Å². The number of methoxy groups -OCH3 is 1. The maximum absolute atomic E-state index is 6.97. The Morgan fingerprint density at radius 2 is 2.17 bits per heavy atom. The highest BCUT2D eigenvalue weighted by atomic mass is 16.5. The second-order valence-corrected chi connectivity index (χ2v) is 2.19. The first-order valence-corrected chi connectivity index (χ1v) is 3.64. The van der Waals surface area contributed by atoms with E-state index in [0.717, 1.165) is 0 Å². The van der Waals surface area contributed by atoms with Crippen LogP contribution in [0.5, 0.6) is 11.5 Å². The number of benzene rings is 1. The van der Waals surface area contributed by atoms with E-state index in [1.165, 1.54) is 6.07 Å². The van der Waals surface area contributed by atoms with Crippen LogP contribution in [0.1, 0.15) is 4.11 Å². The number of hydrogen-bond acceptors (Lipinski definition) is 3. The molecule has 0 spiro atoms. The van der Waals surface area contributed by atoms with E-state index < -0.39 is 7.04 Å². The molecule has 0 unspecified atom stereocenters. The van der Waals surface area contributed by atoms with Gasteiger partial charge >= 0.3 is 0 Å². The standard InChI is InChI=1S/C9H13NO2/c1-11-8-4-2-3-5-9(8)12-7-6-10/h2-5H,6-7,10H2,1H3/i1D3. The van der Waals surface area contributed by atoms with Crippen LogP contribution >= 0.6 is 0 Å². The Labute approximate surface area is 76.3 Å². The van der Waals surface area contributed by atoms with E-state index in [1.54, 1.807) is 18.2 Å². The highest BCUT2D eigenvalue weighted by Crippen LogP contribution is 2.25. The molecule has 0 heterocycles. The molecule has 0 bridgehead atoms. The largest absolute Gasteiger partial charge is 0.493 e. The third-order valence-electron chi connectivity index (χ3n) is 1.33. The Morgan fingerprint density at radius 3 is 2.83 bits per heavy atom. The molecule has 0 amide bonds. The number of para-hydroxylation sites is 2. The molecular formula is C9H13NO2. The molecule has 0 saturated carbocycles. The number of rotatable bonds is 4. The molecule has 0 fully saturated rings. The van der Waals surface area contributed by atoms with Crippen LogP contribution in [0.4, 0.5) is 0 Å². The number of nitrogens with two attached hydrogens (primary N) is 1. The van der Waals surface area contributed by atoms with Crippen molar-refractivity contribution in [3.8, 4) is 11.5 Å². The summed E-state index contributed by atoms with van der Waals surface area (Å²) in [6, 6.07) is 6.59. The van der Waals surface area contributed by atoms with Crippen molar-refractivity contribution < 1.29 is 13.6 Å². The van der Waals surface area contributed by atoms with Crippen molar-refractivity contribution >= 4 is 0 Å². The van der Waals surface area contributed by atoms with Crippen molar-refractivity contribution in [2.24, 2.45) is 5.73 Å². The first-order chi connectivity index (χ1) is 7.03. The molecular weight excluding hydrogens is 154 g/mol. The van der Waals surface area contributed by atoms with Crippen LogP contribution in [0.2, 0.25) is 0 Å². The second-order valence-electron chi connectivity index (χ2n) is 2.19. The van der Waals surface area contributed by atoms with Crippen LogP contribution in [0, 0.1) is 0 Å². The summed E-state index contributed by atoms with van der Waals surface area (Å²) in [6.45, 7) is 0.684. The fraction of sp³-hybridized carbons (Fsp3) is 0.333. The summed E-state index contributed by atoms with van der Waals surface area (Å²) in [4.78, 5) is 0. The molecule has 1 rings (SSSR count). The Hall–Kier alpha value is -1.22. The molecule has 12 heavy (non-hydrogen) atoms. The van der Waals surface area contributed by atoms with Crippen LogP contribution in [0.25, 0.3) is 0 Å². The highest BCUT2D eigenvalue weighted by Gasteiger charge is 2.00. The average Bonchev–Trinajstić information content (AvgIpc) is 2.14. The summed E-state index contributed by atoms with van der Waals surface area (Å²) in [6.07, 6.45) is 0. The van der Waals surface area contributed by atoms with Gasteiger partial charge in [0, 0.05) is 6.54 Å². The molecule has 1 aromatic rings. The molecule has 0 radical (unpaired) electrons. The summed E-state index contributed by atoms with van der Waals surface area (Å²) in [5, 5.41) is 0. The minimum Gasteiger partial charge on any atom is -0.493 e. The third-order valence-corrected chi connectivity index (χ3v) is 1.33. The lowest BCUT2D eigenvalue weighted by Crippen LogP contribution is -2.10. The van der Waals surface area contributed by atoms with Crippen molar-refractivity contribution in [1.29, 1.82) is 0 Å². The van der Waals surface area contributed by atoms with Gasteiger partial charge in [0.15, 0.2) is 11.5 Å². The van der Waals surface area contributed by atoms with Crippen molar-refractivity contribution in [1.82, 2.24) is 0 Å². The minimum absolute atomic E-state index is 0.200. The molecule has 2 N–H and O–H groups in total. The van der Waals surface area contributed by atoms with Crippen molar-refractivity contribution in [2.45, 2.75) is 0 Å². The maximum atomic E-state index is 6.97. The highest BCUT2D eigenvalue weighted by molar-refractivity contribution is 5.39. The first kappa shape index (κ1) is 5.43. The van der Waals surface area contributed by atoms with Gasteiger partial charge in [0.1, 0.15) is 6.61 Å². The summed E-state index contributed by atoms with van der Waals surface area (Å²) in [5.74, 6) is 0.588. The summed E-state index contributed by atoms with van der Waals surface area (Å²) in [7, 11) is -2.47. The molecule has 3 nitrogen and oxygen atoms in total. The van der Waals surface area contributed by atoms with Crippen LogP contribution in [0.3, 0.4) is 0 Å². The summed E-state index contributed by atoms with van der Waals surface area (Å²) < 4.78 is 30.9. The second kappa shape index (κ2) is 4.62. The molecule has 1 aromatic carbocycles. The third kappa shape index (κ3) is 2.13. The quantitative estimate of drug-likeness (QED) is 0.734. The molecule has 66 valence electrons. The Balaban J connectivity index is 2.77. The molecule has 0 aliphatic rings. The van der Waals surface area contributed by atoms with Crippen LogP contribution in [-0.2, 0) is 0 Å². The van der Waals surface area contributed by atoms with Gasteiger partial charge < -0.3 is 15.2 Å². The van der Waals surface area contributed by atoms with E-state index >= 15 is 0 Å². The molecule has 0 saturated heterocycles. The SMILES string of the molecule is [2H]C([2H])([2H])Oc1ccccc1OCCN. The zero-order chi connectivity index (χ0) is 11.3. The van der Waals surface area contributed by atoms with E-state index in [1.807, 2.05) is 0 Å². The lowest BCUT2D eigenvalue weighted by atomic mass is 10.3. The number of ether oxygens (including phenoxy) is 2. The molecule has 0 aromatic heterocycles. The van der Waals surface area contributed by atoms with Gasteiger partial charge in [-0.2, -0.15) is 0 Å². The Morgan fingerprint density at radius 1 is 1.42 bits per heavy atom. The van der Waals surface area contributed by atoms with Gasteiger partial charge in [0.25, 0.3) is 0 Å². The maximum Gasteiger partial charge on any atom is 0.161 e. The topological polar surface area (TPSA) is 44.5 Å². The smallest absolute Gasteiger partial charge is 0.161 e. The zero-order valence-corrected chi connectivity index (χ0v) is 6.62. The predicted molar refractivity (Wildman–Crippen MR) is 47.5 cm³/mol. The average molecular weight is 170 g/mol. The van der Waals surface area contributed by atoms with E-state index in [4.69, 9.17) is 19.3 Å². The van der Waals surface area contributed by atoms with Crippen molar-refractivity contribution in [3.05, 3.63) is 24.3 Å². The van der Waals surface area contributed by atoms with E-state index in [9.17, 15) is 0 Å². The fourth-order valence-corrected chi connectivity index (χ4v) is 0.823. The van der Waals surface area contributed by atoms with Crippen molar-refractivity contribution in [2.75, 3.05) is 20.2 Å². The van der Waals surface area contributed by atoms with Gasteiger partial charge in [0.05, 0.1) is 11.2 Å². The van der Waals surface area contributed by atoms with Gasteiger partial charge in [-0.1, -0.05) is 12.1 Å². The van der Waals surface area contributed by atoms with Gasteiger partial charge in [-0.3, -0.25) is 0 Å². The fourth-order valence-electron chi connectivity index (χ4n) is 0.823. The van der Waals surface area contributed by atoms with Gasteiger partial charge in [-0.05, 0) is 12.1 Å². The van der Waals surface area contributed by atoms with Gasteiger partial charge in [-0.15, -0.1) is 0 Å².